The molecule has 0 saturated carbocycles. The van der Waals surface area contributed by atoms with Gasteiger partial charge in [0.15, 0.2) is 5.05 Å². The quantitative estimate of drug-likeness (QED) is 0.712. The Labute approximate surface area is 89.8 Å². The Balaban J connectivity index is 2.69. The molecule has 0 saturated heterocycles. The highest BCUT2D eigenvalue weighted by atomic mass is 32.1. The van der Waals surface area contributed by atoms with Crippen LogP contribution >= 0.6 is 12.2 Å². The molecule has 3 heteroatoms. The normalized spacial score (nSPS) is 9.57. The van der Waals surface area contributed by atoms with Gasteiger partial charge in [-0.05, 0) is 30.8 Å². The van der Waals surface area contributed by atoms with E-state index in [4.69, 9.17) is 21.7 Å². The van der Waals surface area contributed by atoms with Gasteiger partial charge < -0.3 is 9.47 Å². The van der Waals surface area contributed by atoms with Gasteiger partial charge in [-0.25, -0.2) is 0 Å². The van der Waals surface area contributed by atoms with Crippen molar-refractivity contribution in [3.8, 4) is 5.75 Å². The van der Waals surface area contributed by atoms with Crippen LogP contribution in [0, 0.1) is 0 Å². The molecule has 1 rings (SSSR count). The molecule has 1 aromatic rings. The first-order chi connectivity index (χ1) is 6.77. The summed E-state index contributed by atoms with van der Waals surface area (Å²) in [6.07, 6.45) is 0.962. The van der Waals surface area contributed by atoms with Crippen molar-refractivity contribution in [3.05, 3.63) is 29.8 Å². The summed E-state index contributed by atoms with van der Waals surface area (Å²) in [5, 5.41) is 0.533. The largest absolute Gasteiger partial charge is 0.497 e. The molecule has 0 amide bonds. The Kier molecular flexibility index (Phi) is 4.40. The molecule has 14 heavy (non-hydrogen) atoms. The van der Waals surface area contributed by atoms with Crippen LogP contribution < -0.4 is 4.74 Å². The highest BCUT2D eigenvalue weighted by molar-refractivity contribution is 7.80. The number of benzene rings is 1. The van der Waals surface area contributed by atoms with Crippen LogP contribution in [0.3, 0.4) is 0 Å². The summed E-state index contributed by atoms with van der Waals surface area (Å²) < 4.78 is 10.4. The third-order valence-electron chi connectivity index (χ3n) is 1.74. The summed E-state index contributed by atoms with van der Waals surface area (Å²) in [6, 6.07) is 7.57. The maximum absolute atomic E-state index is 5.35. The van der Waals surface area contributed by atoms with Crippen molar-refractivity contribution in [1.29, 1.82) is 0 Å². The molecule has 2 nitrogen and oxygen atoms in total. The van der Waals surface area contributed by atoms with E-state index in [1.807, 2.05) is 31.2 Å². The summed E-state index contributed by atoms with van der Waals surface area (Å²) in [6.45, 7) is 2.71. The van der Waals surface area contributed by atoms with Crippen molar-refractivity contribution in [2.45, 2.75) is 13.3 Å². The topological polar surface area (TPSA) is 18.5 Å². The number of hydrogen-bond donors (Lipinski definition) is 0. The smallest absolute Gasteiger partial charge is 0.191 e. The first kappa shape index (κ1) is 11.0. The van der Waals surface area contributed by atoms with Gasteiger partial charge in [0.1, 0.15) is 5.75 Å². The molecule has 0 aliphatic heterocycles. The van der Waals surface area contributed by atoms with Crippen LogP contribution in [0.5, 0.6) is 5.75 Å². The SMILES string of the molecule is CCCOC(=S)c1cccc(OC)c1. The molecule has 0 spiro atoms. The van der Waals surface area contributed by atoms with Gasteiger partial charge in [0.05, 0.1) is 13.7 Å². The van der Waals surface area contributed by atoms with Crippen LogP contribution in [0.1, 0.15) is 18.9 Å². The fourth-order valence-electron chi connectivity index (χ4n) is 1.03. The van der Waals surface area contributed by atoms with Crippen LogP contribution in [0.15, 0.2) is 24.3 Å². The predicted octanol–water partition coefficient (Wildman–Crippen LogP) is 2.80. The van der Waals surface area contributed by atoms with Crippen molar-refractivity contribution in [2.75, 3.05) is 13.7 Å². The molecule has 0 fully saturated rings. The molecule has 0 aromatic heterocycles. The Morgan fingerprint density at radius 3 is 2.86 bits per heavy atom. The van der Waals surface area contributed by atoms with Crippen LogP contribution in [-0.2, 0) is 4.74 Å². The highest BCUT2D eigenvalue weighted by Crippen LogP contribution is 2.13. The van der Waals surface area contributed by atoms with E-state index < -0.39 is 0 Å². The van der Waals surface area contributed by atoms with Crippen LogP contribution in [0.4, 0.5) is 0 Å². The lowest BCUT2D eigenvalue weighted by atomic mass is 10.2. The zero-order valence-electron chi connectivity index (χ0n) is 8.45. The molecule has 0 unspecified atom stereocenters. The summed E-state index contributed by atoms with van der Waals surface area (Å²) in [4.78, 5) is 0. The summed E-state index contributed by atoms with van der Waals surface area (Å²) in [7, 11) is 1.63. The highest BCUT2D eigenvalue weighted by Gasteiger charge is 2.02. The molecule has 0 heterocycles. The Morgan fingerprint density at radius 1 is 1.43 bits per heavy atom. The van der Waals surface area contributed by atoms with E-state index in [0.717, 1.165) is 17.7 Å². The lowest BCUT2D eigenvalue weighted by Gasteiger charge is -2.07. The van der Waals surface area contributed by atoms with Gasteiger partial charge in [-0.15, -0.1) is 0 Å². The minimum atomic E-state index is 0.533. The van der Waals surface area contributed by atoms with Crippen molar-refractivity contribution in [3.63, 3.8) is 0 Å². The van der Waals surface area contributed by atoms with E-state index in [-0.39, 0.29) is 0 Å². The van der Waals surface area contributed by atoms with Crippen molar-refractivity contribution < 1.29 is 9.47 Å². The van der Waals surface area contributed by atoms with Gasteiger partial charge in [0.2, 0.25) is 0 Å². The van der Waals surface area contributed by atoms with E-state index in [1.54, 1.807) is 7.11 Å². The summed E-state index contributed by atoms with van der Waals surface area (Å²) in [5.41, 5.74) is 0.896. The Hall–Kier alpha value is -1.09. The van der Waals surface area contributed by atoms with Crippen LogP contribution in [0.25, 0.3) is 0 Å². The summed E-state index contributed by atoms with van der Waals surface area (Å²) >= 11 is 5.12. The molecule has 0 aliphatic carbocycles. The van der Waals surface area contributed by atoms with Gasteiger partial charge >= 0.3 is 0 Å². The molecule has 0 atom stereocenters. The van der Waals surface area contributed by atoms with Gasteiger partial charge in [0, 0.05) is 5.56 Å². The zero-order valence-corrected chi connectivity index (χ0v) is 9.26. The third-order valence-corrected chi connectivity index (χ3v) is 2.10. The molecule has 0 N–H and O–H groups in total. The minimum absolute atomic E-state index is 0.533. The summed E-state index contributed by atoms with van der Waals surface area (Å²) in [5.74, 6) is 0.796. The van der Waals surface area contributed by atoms with Gasteiger partial charge in [-0.2, -0.15) is 0 Å². The van der Waals surface area contributed by atoms with Crippen LogP contribution in [0.2, 0.25) is 0 Å². The van der Waals surface area contributed by atoms with Gasteiger partial charge in [-0.1, -0.05) is 19.1 Å². The predicted molar refractivity (Wildman–Crippen MR) is 60.9 cm³/mol. The van der Waals surface area contributed by atoms with E-state index in [0.29, 0.717) is 11.7 Å². The van der Waals surface area contributed by atoms with Crippen molar-refractivity contribution in [1.82, 2.24) is 0 Å². The van der Waals surface area contributed by atoms with E-state index in [2.05, 4.69) is 0 Å². The second kappa shape index (κ2) is 5.60. The maximum atomic E-state index is 5.35. The van der Waals surface area contributed by atoms with Crippen LogP contribution in [-0.4, -0.2) is 18.8 Å². The minimum Gasteiger partial charge on any atom is -0.497 e. The second-order valence-electron chi connectivity index (χ2n) is 2.87. The standard InChI is InChI=1S/C11H14O2S/c1-3-7-13-11(14)9-5-4-6-10(8-9)12-2/h4-6,8H,3,7H2,1-2H3. The fourth-order valence-corrected chi connectivity index (χ4v) is 1.24. The lowest BCUT2D eigenvalue weighted by Crippen LogP contribution is -2.04. The van der Waals surface area contributed by atoms with E-state index in [1.165, 1.54) is 0 Å². The first-order valence-electron chi connectivity index (χ1n) is 4.59. The molecular formula is C11H14O2S. The maximum Gasteiger partial charge on any atom is 0.191 e. The Morgan fingerprint density at radius 2 is 2.21 bits per heavy atom. The molecular weight excluding hydrogens is 196 g/mol. The van der Waals surface area contributed by atoms with Gasteiger partial charge in [-0.3, -0.25) is 0 Å². The van der Waals surface area contributed by atoms with E-state index >= 15 is 0 Å². The number of ether oxygens (including phenoxy) is 2. The average Bonchev–Trinajstić information content (AvgIpc) is 2.26. The van der Waals surface area contributed by atoms with Crippen molar-refractivity contribution >= 4 is 17.3 Å². The molecule has 0 radical (unpaired) electrons. The van der Waals surface area contributed by atoms with E-state index in [9.17, 15) is 0 Å². The molecule has 0 aliphatic rings. The third kappa shape index (κ3) is 3.00. The number of rotatable bonds is 4. The van der Waals surface area contributed by atoms with Gasteiger partial charge in [0.25, 0.3) is 0 Å². The second-order valence-corrected chi connectivity index (χ2v) is 3.24. The number of methoxy groups -OCH3 is 1. The average molecular weight is 210 g/mol. The fraction of sp³-hybridized carbons (Fsp3) is 0.364. The zero-order chi connectivity index (χ0) is 10.4. The molecule has 0 bridgehead atoms. The molecule has 1 aromatic carbocycles. The number of hydrogen-bond acceptors (Lipinski definition) is 3. The Bertz CT molecular complexity index is 310. The first-order valence-corrected chi connectivity index (χ1v) is 5.00. The number of thiocarbonyl (C=S) groups is 1. The van der Waals surface area contributed by atoms with Crippen molar-refractivity contribution in [2.24, 2.45) is 0 Å². The molecule has 76 valence electrons. The lowest BCUT2D eigenvalue weighted by molar-refractivity contribution is 0.314. The monoisotopic (exact) mass is 210 g/mol.